The summed E-state index contributed by atoms with van der Waals surface area (Å²) in [5.41, 5.74) is 0. The lowest BCUT2D eigenvalue weighted by Crippen LogP contribution is -2.29. The molecule has 0 aromatic rings. The van der Waals surface area contributed by atoms with Crippen LogP contribution in [0.15, 0.2) is 0 Å². The molecule has 2 nitrogen and oxygen atoms in total. The van der Waals surface area contributed by atoms with Crippen molar-refractivity contribution in [2.75, 3.05) is 0 Å². The molecule has 18 heavy (non-hydrogen) atoms. The molecule has 2 N–H and O–H groups in total. The largest absolute Gasteiger partial charge is 0.411 e. The van der Waals surface area contributed by atoms with Crippen molar-refractivity contribution in [1.82, 2.24) is 0 Å². The van der Waals surface area contributed by atoms with Crippen LogP contribution < -0.4 is 0 Å². The van der Waals surface area contributed by atoms with Gasteiger partial charge in [0.2, 0.25) is 0 Å². The van der Waals surface area contributed by atoms with Gasteiger partial charge < -0.3 is 9.59 Å². The summed E-state index contributed by atoms with van der Waals surface area (Å²) < 4.78 is 0. The van der Waals surface area contributed by atoms with E-state index in [-0.39, 0.29) is 0 Å². The van der Waals surface area contributed by atoms with E-state index in [1.54, 1.807) is 6.55 Å². The molecule has 0 bridgehead atoms. The molecular weight excluding hydrogens is 240 g/mol. The first-order valence-electron chi connectivity index (χ1n) is 8.01. The molecule has 0 saturated heterocycles. The van der Waals surface area contributed by atoms with Gasteiger partial charge in [0.1, 0.15) is 0 Å². The lowest BCUT2D eigenvalue weighted by molar-refractivity contribution is 0.366. The van der Waals surface area contributed by atoms with E-state index < -0.39 is 8.56 Å². The summed E-state index contributed by atoms with van der Waals surface area (Å²) >= 11 is 0. The standard InChI is InChI=1S/C15H34O2Si/c1-3-4-5-6-7-8-9-10-11-12-13-14-15-18(2,16)17/h16-17H,3-15H2,1-2H3. The molecule has 0 rings (SSSR count). The number of hydrogen-bond acceptors (Lipinski definition) is 2. The van der Waals surface area contributed by atoms with Crippen molar-refractivity contribution in [2.45, 2.75) is 96.6 Å². The van der Waals surface area contributed by atoms with Crippen LogP contribution in [0.1, 0.15) is 84.0 Å². The summed E-state index contributed by atoms with van der Waals surface area (Å²) in [6, 6.07) is 0.643. The first-order valence-corrected chi connectivity index (χ1v) is 10.6. The minimum Gasteiger partial charge on any atom is -0.411 e. The average Bonchev–Trinajstić information content (AvgIpc) is 2.29. The summed E-state index contributed by atoms with van der Waals surface area (Å²) in [6.45, 7) is 3.87. The van der Waals surface area contributed by atoms with Gasteiger partial charge in [-0.3, -0.25) is 0 Å². The van der Waals surface area contributed by atoms with E-state index in [2.05, 4.69) is 6.92 Å². The summed E-state index contributed by atoms with van der Waals surface area (Å²) in [5.74, 6) is 0. The van der Waals surface area contributed by atoms with Gasteiger partial charge in [-0.25, -0.2) is 0 Å². The highest BCUT2D eigenvalue weighted by Gasteiger charge is 2.19. The normalized spacial score (nSPS) is 12.0. The number of rotatable bonds is 13. The van der Waals surface area contributed by atoms with Crippen LogP contribution in [0.4, 0.5) is 0 Å². The monoisotopic (exact) mass is 274 g/mol. The Hall–Kier alpha value is 0.137. The van der Waals surface area contributed by atoms with Crippen molar-refractivity contribution >= 4 is 8.56 Å². The fourth-order valence-electron chi connectivity index (χ4n) is 2.30. The lowest BCUT2D eigenvalue weighted by atomic mass is 10.1. The Kier molecular flexibility index (Phi) is 12.3. The van der Waals surface area contributed by atoms with Crippen molar-refractivity contribution < 1.29 is 9.59 Å². The summed E-state index contributed by atoms with van der Waals surface area (Å²) in [7, 11) is -2.75. The maximum Gasteiger partial charge on any atom is 0.329 e. The van der Waals surface area contributed by atoms with Gasteiger partial charge in [0, 0.05) is 0 Å². The molecule has 0 radical (unpaired) electrons. The van der Waals surface area contributed by atoms with E-state index >= 15 is 0 Å². The van der Waals surface area contributed by atoms with Crippen LogP contribution in [0, 0.1) is 0 Å². The Labute approximate surface area is 115 Å². The third kappa shape index (κ3) is 16.1. The summed E-state index contributed by atoms with van der Waals surface area (Å²) in [4.78, 5) is 18.5. The van der Waals surface area contributed by atoms with Crippen molar-refractivity contribution in [3.8, 4) is 0 Å². The Morgan fingerprint density at radius 1 is 0.611 bits per heavy atom. The topological polar surface area (TPSA) is 40.5 Å². The molecule has 0 amide bonds. The first kappa shape index (κ1) is 18.1. The van der Waals surface area contributed by atoms with Gasteiger partial charge in [-0.1, -0.05) is 84.0 Å². The fraction of sp³-hybridized carbons (Fsp3) is 1.00. The van der Waals surface area contributed by atoms with E-state index in [4.69, 9.17) is 0 Å². The van der Waals surface area contributed by atoms with Crippen LogP contribution in [0.5, 0.6) is 0 Å². The molecule has 0 aliphatic rings. The second-order valence-electron chi connectivity index (χ2n) is 5.86. The third-order valence-electron chi connectivity index (χ3n) is 3.50. The molecule has 0 aromatic carbocycles. The SMILES string of the molecule is CCCCCCCCCCCCCC[Si](C)(O)O. The second-order valence-corrected chi connectivity index (χ2v) is 8.79. The van der Waals surface area contributed by atoms with Crippen molar-refractivity contribution in [2.24, 2.45) is 0 Å². The zero-order valence-corrected chi connectivity index (χ0v) is 13.6. The zero-order valence-electron chi connectivity index (χ0n) is 12.6. The van der Waals surface area contributed by atoms with Crippen LogP contribution in [0.25, 0.3) is 0 Å². The van der Waals surface area contributed by atoms with Crippen LogP contribution in [-0.2, 0) is 0 Å². The van der Waals surface area contributed by atoms with Crippen LogP contribution in [0.3, 0.4) is 0 Å². The van der Waals surface area contributed by atoms with Gasteiger partial charge in [-0.15, -0.1) is 0 Å². The first-order chi connectivity index (χ1) is 8.56. The van der Waals surface area contributed by atoms with E-state index in [9.17, 15) is 9.59 Å². The highest BCUT2D eigenvalue weighted by atomic mass is 28.4. The smallest absolute Gasteiger partial charge is 0.329 e. The van der Waals surface area contributed by atoms with Gasteiger partial charge in [-0.2, -0.15) is 0 Å². The molecule has 0 aliphatic carbocycles. The lowest BCUT2D eigenvalue weighted by Gasteiger charge is -2.10. The fourth-order valence-corrected chi connectivity index (χ4v) is 3.22. The predicted molar refractivity (Wildman–Crippen MR) is 81.9 cm³/mol. The number of unbranched alkanes of at least 4 members (excludes halogenated alkanes) is 11. The Balaban J connectivity index is 2.99. The second kappa shape index (κ2) is 12.2. The summed E-state index contributed by atoms with van der Waals surface area (Å²) in [6.07, 6.45) is 15.9. The van der Waals surface area contributed by atoms with Gasteiger partial charge >= 0.3 is 8.56 Å². The Morgan fingerprint density at radius 3 is 1.28 bits per heavy atom. The van der Waals surface area contributed by atoms with Crippen molar-refractivity contribution in [3.05, 3.63) is 0 Å². The van der Waals surface area contributed by atoms with Gasteiger partial charge in [0.05, 0.1) is 0 Å². The molecule has 0 unspecified atom stereocenters. The zero-order chi connectivity index (χ0) is 13.7. The predicted octanol–water partition coefficient (Wildman–Crippen LogP) is 4.74. The molecule has 110 valence electrons. The minimum absolute atomic E-state index is 0.643. The summed E-state index contributed by atoms with van der Waals surface area (Å²) in [5, 5.41) is 0. The molecule has 0 atom stereocenters. The molecule has 0 aliphatic heterocycles. The Bertz CT molecular complexity index is 166. The van der Waals surface area contributed by atoms with Crippen molar-refractivity contribution in [1.29, 1.82) is 0 Å². The molecule has 0 aromatic heterocycles. The third-order valence-corrected chi connectivity index (χ3v) is 4.80. The molecular formula is C15H34O2Si. The van der Waals surface area contributed by atoms with E-state index in [1.165, 1.54) is 70.6 Å². The molecule has 0 saturated carbocycles. The maximum absolute atomic E-state index is 9.27. The van der Waals surface area contributed by atoms with Crippen LogP contribution in [0.2, 0.25) is 12.6 Å². The molecule has 0 heterocycles. The van der Waals surface area contributed by atoms with Crippen LogP contribution >= 0.6 is 0 Å². The van der Waals surface area contributed by atoms with E-state index in [0.717, 1.165) is 6.42 Å². The maximum atomic E-state index is 9.27. The quantitative estimate of drug-likeness (QED) is 0.376. The highest BCUT2D eigenvalue weighted by Crippen LogP contribution is 2.14. The minimum atomic E-state index is -2.75. The van der Waals surface area contributed by atoms with Gasteiger partial charge in [-0.05, 0) is 12.6 Å². The molecule has 3 heteroatoms. The molecule has 0 fully saturated rings. The number of hydrogen-bond donors (Lipinski definition) is 2. The Morgan fingerprint density at radius 2 is 0.944 bits per heavy atom. The van der Waals surface area contributed by atoms with Gasteiger partial charge in [0.15, 0.2) is 0 Å². The van der Waals surface area contributed by atoms with E-state index in [0.29, 0.717) is 6.04 Å². The van der Waals surface area contributed by atoms with Crippen molar-refractivity contribution in [3.63, 3.8) is 0 Å². The molecule has 0 spiro atoms. The highest BCUT2D eigenvalue weighted by molar-refractivity contribution is 6.63. The van der Waals surface area contributed by atoms with Gasteiger partial charge in [0.25, 0.3) is 0 Å². The van der Waals surface area contributed by atoms with E-state index in [1.807, 2.05) is 0 Å². The average molecular weight is 275 g/mol. The van der Waals surface area contributed by atoms with Crippen LogP contribution in [-0.4, -0.2) is 18.2 Å².